The molecule has 0 radical (unpaired) electrons. The minimum Gasteiger partial charge on any atom is -0.491 e. The average Bonchev–Trinajstić information content (AvgIpc) is 2.62. The van der Waals surface area contributed by atoms with Gasteiger partial charge in [0.1, 0.15) is 5.75 Å². The van der Waals surface area contributed by atoms with Crippen molar-refractivity contribution in [3.8, 4) is 5.75 Å². The van der Waals surface area contributed by atoms with Gasteiger partial charge in [0.2, 0.25) is 5.91 Å². The second-order valence-corrected chi connectivity index (χ2v) is 4.60. The second kappa shape index (κ2) is 16.9. The Morgan fingerprint density at radius 2 is 1.70 bits per heavy atom. The van der Waals surface area contributed by atoms with Gasteiger partial charge >= 0.3 is 0 Å². The summed E-state index contributed by atoms with van der Waals surface area (Å²) < 4.78 is 5.89. The Morgan fingerprint density at radius 1 is 1.04 bits per heavy atom. The third kappa shape index (κ3) is 9.98. The number of carbonyl (C=O) groups is 1. The van der Waals surface area contributed by atoms with E-state index >= 15 is 0 Å². The zero-order valence-electron chi connectivity index (χ0n) is 16.3. The van der Waals surface area contributed by atoms with Crippen molar-refractivity contribution >= 4 is 11.6 Å². The molecule has 1 rings (SSSR count). The van der Waals surface area contributed by atoms with Crippen LogP contribution in [0.15, 0.2) is 18.2 Å². The molecule has 1 aromatic carbocycles. The van der Waals surface area contributed by atoms with Gasteiger partial charge in [-0.1, -0.05) is 73.4 Å². The highest BCUT2D eigenvalue weighted by Crippen LogP contribution is 2.30. The van der Waals surface area contributed by atoms with Crippen LogP contribution in [-0.2, 0) is 11.2 Å². The first kappa shape index (κ1) is 23.8. The number of ether oxygens (including phenoxy) is 1. The van der Waals surface area contributed by atoms with Crippen LogP contribution in [0.5, 0.6) is 5.75 Å². The summed E-state index contributed by atoms with van der Waals surface area (Å²) in [5.74, 6) is 0.856. The number of para-hydroxylation sites is 1. The number of amides is 1. The van der Waals surface area contributed by atoms with Crippen molar-refractivity contribution in [1.29, 1.82) is 0 Å². The van der Waals surface area contributed by atoms with Crippen molar-refractivity contribution in [2.24, 2.45) is 0 Å². The fraction of sp³-hybridized carbons (Fsp3) is 0.650. The molecule has 0 unspecified atom stereocenters. The molecule has 0 saturated heterocycles. The number of benzene rings is 1. The van der Waals surface area contributed by atoms with Gasteiger partial charge < -0.3 is 10.1 Å². The van der Waals surface area contributed by atoms with Crippen LogP contribution >= 0.6 is 0 Å². The van der Waals surface area contributed by atoms with E-state index in [-0.39, 0.29) is 5.91 Å². The number of nitrogens with one attached hydrogen (secondary N) is 1. The summed E-state index contributed by atoms with van der Waals surface area (Å²) in [6, 6.07) is 5.92. The molecule has 0 aliphatic rings. The van der Waals surface area contributed by atoms with Gasteiger partial charge in [0.05, 0.1) is 12.3 Å². The third-order valence-corrected chi connectivity index (χ3v) is 3.07. The molecule has 0 aromatic heterocycles. The molecule has 0 bridgehead atoms. The molecular weight excluding hydrogens is 286 g/mol. The molecule has 0 heterocycles. The molecule has 0 aliphatic heterocycles. The summed E-state index contributed by atoms with van der Waals surface area (Å²) >= 11 is 0. The van der Waals surface area contributed by atoms with E-state index in [1.165, 1.54) is 12.8 Å². The summed E-state index contributed by atoms with van der Waals surface area (Å²) in [6.07, 6.45) is 4.78. The molecular formula is C20H37NO2. The lowest BCUT2D eigenvalue weighted by atomic mass is 10.1. The first-order chi connectivity index (χ1) is 11.2. The highest BCUT2D eigenvalue weighted by molar-refractivity contribution is 5.92. The summed E-state index contributed by atoms with van der Waals surface area (Å²) in [7, 11) is 0. The van der Waals surface area contributed by atoms with E-state index in [2.05, 4.69) is 25.2 Å². The standard InChI is InChI=1S/C16H25NO2.2C2H6/c1-4-7-8-12-19-16-13(5-2)10-9-11-14(16)17-15(18)6-3;2*1-2/h9-11H,4-8,12H2,1-3H3,(H,17,18);2*1-2H3. The number of carbonyl (C=O) groups excluding carboxylic acids is 1. The highest BCUT2D eigenvalue weighted by Gasteiger charge is 2.10. The van der Waals surface area contributed by atoms with Crippen LogP contribution in [0.2, 0.25) is 0 Å². The molecule has 0 saturated carbocycles. The predicted molar refractivity (Wildman–Crippen MR) is 102 cm³/mol. The maximum absolute atomic E-state index is 11.5. The number of hydrogen-bond acceptors (Lipinski definition) is 2. The lowest BCUT2D eigenvalue weighted by Gasteiger charge is -2.15. The molecule has 23 heavy (non-hydrogen) atoms. The van der Waals surface area contributed by atoms with Gasteiger partial charge in [0.15, 0.2) is 0 Å². The zero-order chi connectivity index (χ0) is 18.1. The molecule has 1 aromatic rings. The number of rotatable bonds is 8. The van der Waals surface area contributed by atoms with Crippen LogP contribution in [0.25, 0.3) is 0 Å². The summed E-state index contributed by atoms with van der Waals surface area (Å²) in [6.45, 7) is 14.8. The number of anilines is 1. The molecule has 1 amide bonds. The molecule has 3 nitrogen and oxygen atoms in total. The fourth-order valence-corrected chi connectivity index (χ4v) is 1.90. The third-order valence-electron chi connectivity index (χ3n) is 3.07. The molecule has 134 valence electrons. The van der Waals surface area contributed by atoms with Gasteiger partial charge in [0, 0.05) is 6.42 Å². The second-order valence-electron chi connectivity index (χ2n) is 4.60. The van der Waals surface area contributed by atoms with Crippen LogP contribution in [-0.4, -0.2) is 12.5 Å². The highest BCUT2D eigenvalue weighted by atomic mass is 16.5. The Hall–Kier alpha value is -1.51. The van der Waals surface area contributed by atoms with Gasteiger partial charge in [-0.15, -0.1) is 0 Å². The Balaban J connectivity index is 0. The predicted octanol–water partition coefficient (Wildman–Crippen LogP) is 6.22. The van der Waals surface area contributed by atoms with Crippen LogP contribution in [0.3, 0.4) is 0 Å². The van der Waals surface area contributed by atoms with E-state index < -0.39 is 0 Å². The Bertz CT molecular complexity index is 403. The topological polar surface area (TPSA) is 38.3 Å². The van der Waals surface area contributed by atoms with Crippen molar-refractivity contribution < 1.29 is 9.53 Å². The van der Waals surface area contributed by atoms with Crippen LogP contribution in [0.4, 0.5) is 5.69 Å². The first-order valence-corrected chi connectivity index (χ1v) is 9.27. The number of unbranched alkanes of at least 4 members (excludes halogenated alkanes) is 2. The van der Waals surface area contributed by atoms with Gasteiger partial charge in [-0.25, -0.2) is 0 Å². The average molecular weight is 324 g/mol. The first-order valence-electron chi connectivity index (χ1n) is 9.27. The van der Waals surface area contributed by atoms with E-state index in [0.29, 0.717) is 13.0 Å². The lowest BCUT2D eigenvalue weighted by molar-refractivity contribution is -0.115. The fourth-order valence-electron chi connectivity index (χ4n) is 1.90. The SMILES string of the molecule is CC.CC.CCCCCOc1c(CC)cccc1NC(=O)CC. The van der Waals surface area contributed by atoms with E-state index in [9.17, 15) is 4.79 Å². The quantitative estimate of drug-likeness (QED) is 0.577. The van der Waals surface area contributed by atoms with Crippen molar-refractivity contribution in [3.63, 3.8) is 0 Å². The maximum atomic E-state index is 11.5. The summed E-state index contributed by atoms with van der Waals surface area (Å²) in [4.78, 5) is 11.5. The van der Waals surface area contributed by atoms with E-state index in [4.69, 9.17) is 4.74 Å². The van der Waals surface area contributed by atoms with E-state index in [1.807, 2.05) is 46.8 Å². The number of hydrogen-bond donors (Lipinski definition) is 1. The van der Waals surface area contributed by atoms with Crippen molar-refractivity contribution in [2.75, 3.05) is 11.9 Å². The van der Waals surface area contributed by atoms with Crippen LogP contribution in [0, 0.1) is 0 Å². The largest absolute Gasteiger partial charge is 0.491 e. The van der Waals surface area contributed by atoms with Gasteiger partial charge in [-0.05, 0) is 24.5 Å². The Labute approximate surface area is 143 Å². The summed E-state index contributed by atoms with van der Waals surface area (Å²) in [5, 5.41) is 2.91. The normalized spacial score (nSPS) is 9.00. The molecule has 0 spiro atoms. The minimum atomic E-state index is 0.0201. The Kier molecular flexibility index (Phi) is 17.4. The van der Waals surface area contributed by atoms with Gasteiger partial charge in [-0.3, -0.25) is 4.79 Å². The zero-order valence-corrected chi connectivity index (χ0v) is 16.3. The van der Waals surface area contributed by atoms with Gasteiger partial charge in [0.25, 0.3) is 0 Å². The van der Waals surface area contributed by atoms with Crippen molar-refractivity contribution in [1.82, 2.24) is 0 Å². The van der Waals surface area contributed by atoms with Gasteiger partial charge in [-0.2, -0.15) is 0 Å². The van der Waals surface area contributed by atoms with Crippen molar-refractivity contribution in [3.05, 3.63) is 23.8 Å². The Morgan fingerprint density at radius 3 is 2.22 bits per heavy atom. The minimum absolute atomic E-state index is 0.0201. The maximum Gasteiger partial charge on any atom is 0.224 e. The van der Waals surface area contributed by atoms with Crippen molar-refractivity contribution in [2.45, 2.75) is 80.6 Å². The van der Waals surface area contributed by atoms with E-state index in [1.54, 1.807) is 0 Å². The molecule has 3 heteroatoms. The monoisotopic (exact) mass is 323 g/mol. The van der Waals surface area contributed by atoms with E-state index in [0.717, 1.165) is 29.8 Å². The van der Waals surface area contributed by atoms with Crippen LogP contribution in [0.1, 0.15) is 79.7 Å². The summed E-state index contributed by atoms with van der Waals surface area (Å²) in [5.41, 5.74) is 1.94. The molecule has 0 fully saturated rings. The number of aryl methyl sites for hydroxylation is 1. The van der Waals surface area contributed by atoms with Crippen LogP contribution < -0.4 is 10.1 Å². The molecule has 0 aliphatic carbocycles. The smallest absolute Gasteiger partial charge is 0.224 e. The molecule has 1 N–H and O–H groups in total. The lowest BCUT2D eigenvalue weighted by Crippen LogP contribution is -2.12. The molecule has 0 atom stereocenters.